The van der Waals surface area contributed by atoms with Crippen LogP contribution in [0.3, 0.4) is 0 Å². The highest BCUT2D eigenvalue weighted by Crippen LogP contribution is 2.39. The molecule has 1 N–H and O–H groups in total. The van der Waals surface area contributed by atoms with Crippen LogP contribution in [-0.4, -0.2) is 27.8 Å². The van der Waals surface area contributed by atoms with Crippen LogP contribution in [-0.2, 0) is 10.9 Å². The van der Waals surface area contributed by atoms with Gasteiger partial charge in [-0.15, -0.1) is 0 Å². The minimum Gasteiger partial charge on any atom is -0.360 e. The van der Waals surface area contributed by atoms with Gasteiger partial charge in [-0.3, -0.25) is 9.78 Å². The number of anilines is 1. The van der Waals surface area contributed by atoms with Gasteiger partial charge in [-0.2, -0.15) is 18.3 Å². The number of carbonyl (C=O) groups is 1. The highest BCUT2D eigenvalue weighted by Gasteiger charge is 2.35. The minimum atomic E-state index is -4.63. The Bertz CT molecular complexity index is 1380. The Balaban J connectivity index is 1.75. The number of pyridine rings is 1. The molecule has 0 aliphatic carbocycles. The smallest absolute Gasteiger partial charge is 0.360 e. The van der Waals surface area contributed by atoms with E-state index in [2.05, 4.69) is 15.4 Å². The Labute approximate surface area is 213 Å². The van der Waals surface area contributed by atoms with Crippen molar-refractivity contribution in [3.8, 4) is 22.4 Å². The summed E-state index contributed by atoms with van der Waals surface area (Å²) in [6, 6.07) is 16.1. The van der Waals surface area contributed by atoms with E-state index in [1.165, 1.54) is 36.2 Å². The van der Waals surface area contributed by atoms with Gasteiger partial charge in [0.05, 0.1) is 23.1 Å². The molecule has 4 aromatic rings. The van der Waals surface area contributed by atoms with Gasteiger partial charge in [0.25, 0.3) is 5.91 Å². The van der Waals surface area contributed by atoms with Crippen LogP contribution in [0.2, 0.25) is 0 Å². The van der Waals surface area contributed by atoms with Crippen LogP contribution in [0.1, 0.15) is 47.6 Å². The number of aryl methyl sites for hydroxylation is 1. The molecule has 9 heteroatoms. The number of rotatable bonds is 8. The number of halogens is 3. The third kappa shape index (κ3) is 5.72. The molecular weight excluding hydrogens is 481 g/mol. The Hall–Kier alpha value is -3.98. The summed E-state index contributed by atoms with van der Waals surface area (Å²) >= 11 is 0. The number of alkyl halides is 3. The normalized spacial score (nSPS) is 12.4. The molecular formula is C28H27F3N4O2. The van der Waals surface area contributed by atoms with E-state index in [4.69, 9.17) is 4.74 Å². The topological polar surface area (TPSA) is 69.0 Å². The van der Waals surface area contributed by atoms with Gasteiger partial charge in [-0.25, -0.2) is 4.68 Å². The Morgan fingerprint density at radius 3 is 2.51 bits per heavy atom. The lowest BCUT2D eigenvalue weighted by molar-refractivity contribution is -0.137. The number of amides is 1. The van der Waals surface area contributed by atoms with Crippen LogP contribution < -0.4 is 5.32 Å². The number of carbonyl (C=O) groups excluding carboxylic acids is 1. The van der Waals surface area contributed by atoms with E-state index in [0.29, 0.717) is 12.1 Å². The number of aromatic nitrogens is 3. The average Bonchev–Trinajstić information content (AvgIpc) is 3.37. The fourth-order valence-electron chi connectivity index (χ4n) is 4.20. The highest BCUT2D eigenvalue weighted by molar-refractivity contribution is 6.07. The molecule has 6 nitrogen and oxygen atoms in total. The lowest BCUT2D eigenvalue weighted by Gasteiger charge is -2.20. The van der Waals surface area contributed by atoms with Crippen LogP contribution in [0, 0.1) is 6.92 Å². The molecule has 2 aromatic heterocycles. The monoisotopic (exact) mass is 508 g/mol. The van der Waals surface area contributed by atoms with Crippen LogP contribution >= 0.6 is 0 Å². The highest BCUT2D eigenvalue weighted by atomic mass is 19.4. The molecule has 1 atom stereocenters. The summed E-state index contributed by atoms with van der Waals surface area (Å²) in [5, 5.41) is 7.04. The molecule has 0 radical (unpaired) electrons. The maximum atomic E-state index is 14.0. The second-order valence-electron chi connectivity index (χ2n) is 8.59. The van der Waals surface area contributed by atoms with Crippen LogP contribution in [0.4, 0.5) is 18.9 Å². The van der Waals surface area contributed by atoms with E-state index in [1.54, 1.807) is 6.20 Å². The third-order valence-electron chi connectivity index (χ3n) is 5.99. The van der Waals surface area contributed by atoms with Gasteiger partial charge in [0.1, 0.15) is 6.23 Å². The number of benzene rings is 2. The first kappa shape index (κ1) is 26.1. The average molecular weight is 509 g/mol. The van der Waals surface area contributed by atoms with Crippen LogP contribution in [0.5, 0.6) is 0 Å². The fourth-order valence-corrected chi connectivity index (χ4v) is 4.20. The molecule has 0 saturated heterocycles. The summed E-state index contributed by atoms with van der Waals surface area (Å²) in [5.74, 6) is -0.555. The molecule has 0 saturated carbocycles. The summed E-state index contributed by atoms with van der Waals surface area (Å²) in [5.41, 5.74) is 2.12. The molecule has 4 rings (SSSR count). The number of ether oxygens (including phenoxy) is 1. The van der Waals surface area contributed by atoms with Crippen molar-refractivity contribution in [1.82, 2.24) is 14.8 Å². The molecule has 0 bridgehead atoms. The van der Waals surface area contributed by atoms with Gasteiger partial charge < -0.3 is 10.1 Å². The lowest BCUT2D eigenvalue weighted by Crippen LogP contribution is -2.17. The van der Waals surface area contributed by atoms with Gasteiger partial charge >= 0.3 is 6.18 Å². The van der Waals surface area contributed by atoms with E-state index in [1.807, 2.05) is 50.2 Å². The van der Waals surface area contributed by atoms with E-state index >= 15 is 0 Å². The molecule has 192 valence electrons. The number of hydrogen-bond donors (Lipinski definition) is 1. The molecule has 0 aliphatic rings. The van der Waals surface area contributed by atoms with Crippen molar-refractivity contribution < 1.29 is 22.7 Å². The second kappa shape index (κ2) is 11.0. The van der Waals surface area contributed by atoms with Crippen molar-refractivity contribution in [2.75, 3.05) is 12.4 Å². The van der Waals surface area contributed by atoms with Gasteiger partial charge in [0.2, 0.25) is 0 Å². The molecule has 2 heterocycles. The van der Waals surface area contributed by atoms with Crippen molar-refractivity contribution in [2.45, 2.75) is 39.1 Å². The van der Waals surface area contributed by atoms with E-state index in [-0.39, 0.29) is 16.8 Å². The minimum absolute atomic E-state index is 0.0693. The van der Waals surface area contributed by atoms with Crippen LogP contribution in [0.15, 0.2) is 73.1 Å². The molecule has 2 aromatic carbocycles. The van der Waals surface area contributed by atoms with Crippen molar-refractivity contribution in [3.63, 3.8) is 0 Å². The van der Waals surface area contributed by atoms with Gasteiger partial charge in [0, 0.05) is 35.7 Å². The molecule has 37 heavy (non-hydrogen) atoms. The Morgan fingerprint density at radius 2 is 1.84 bits per heavy atom. The number of methoxy groups -OCH3 is 1. The maximum Gasteiger partial charge on any atom is 0.417 e. The number of nitrogens with one attached hydrogen (secondary N) is 1. The Morgan fingerprint density at radius 1 is 1.08 bits per heavy atom. The van der Waals surface area contributed by atoms with Crippen molar-refractivity contribution in [1.29, 1.82) is 0 Å². The lowest BCUT2D eigenvalue weighted by atomic mass is 9.99. The SMILES string of the molecule is CCCC(OC)n1nccc1-c1cc(C(=O)Nc2cnc(C)cc2-c2ccccc2)ccc1C(F)(F)F. The van der Waals surface area contributed by atoms with Crippen molar-refractivity contribution in [2.24, 2.45) is 0 Å². The van der Waals surface area contributed by atoms with E-state index in [9.17, 15) is 18.0 Å². The molecule has 1 unspecified atom stereocenters. The van der Waals surface area contributed by atoms with Crippen LogP contribution in [0.25, 0.3) is 22.4 Å². The second-order valence-corrected chi connectivity index (χ2v) is 8.59. The molecule has 0 spiro atoms. The standard InChI is InChI=1S/C28H27F3N4O2/c1-4-8-26(37-3)35-25(13-14-33-35)22-16-20(11-12-23(22)28(29,30)31)27(36)34-24-17-32-18(2)15-21(24)19-9-6-5-7-10-19/h5-7,9-17,26H,4,8H2,1-3H3,(H,34,36). The quantitative estimate of drug-likeness (QED) is 0.275. The van der Waals surface area contributed by atoms with Gasteiger partial charge in [0.15, 0.2) is 0 Å². The predicted molar refractivity (Wildman–Crippen MR) is 136 cm³/mol. The third-order valence-corrected chi connectivity index (χ3v) is 5.99. The van der Waals surface area contributed by atoms with E-state index < -0.39 is 23.9 Å². The number of nitrogens with zero attached hydrogens (tertiary/aromatic N) is 3. The summed E-state index contributed by atoms with van der Waals surface area (Å²) in [7, 11) is 1.49. The zero-order valence-corrected chi connectivity index (χ0v) is 20.7. The van der Waals surface area contributed by atoms with E-state index in [0.717, 1.165) is 29.3 Å². The first-order valence-corrected chi connectivity index (χ1v) is 11.8. The summed E-state index contributed by atoms with van der Waals surface area (Å²) in [6.07, 6.45) is -0.887. The molecule has 1 amide bonds. The summed E-state index contributed by atoms with van der Waals surface area (Å²) in [4.78, 5) is 17.6. The fraction of sp³-hybridized carbons (Fsp3) is 0.250. The molecule has 0 aliphatic heterocycles. The largest absolute Gasteiger partial charge is 0.417 e. The predicted octanol–water partition coefficient (Wildman–Crippen LogP) is 7.14. The van der Waals surface area contributed by atoms with Gasteiger partial charge in [-0.05, 0) is 49.2 Å². The molecule has 0 fully saturated rings. The Kier molecular flexibility index (Phi) is 7.73. The maximum absolute atomic E-state index is 14.0. The summed E-state index contributed by atoms with van der Waals surface area (Å²) in [6.45, 7) is 3.79. The zero-order chi connectivity index (χ0) is 26.6. The first-order valence-electron chi connectivity index (χ1n) is 11.8. The first-order chi connectivity index (χ1) is 17.7. The van der Waals surface area contributed by atoms with Crippen molar-refractivity contribution in [3.05, 3.63) is 89.9 Å². The number of hydrogen-bond acceptors (Lipinski definition) is 4. The van der Waals surface area contributed by atoms with Gasteiger partial charge in [-0.1, -0.05) is 43.7 Å². The summed E-state index contributed by atoms with van der Waals surface area (Å²) < 4.78 is 48.9. The van der Waals surface area contributed by atoms with Crippen molar-refractivity contribution >= 4 is 11.6 Å². The zero-order valence-electron chi connectivity index (χ0n) is 20.7.